The first-order valence-electron chi connectivity index (χ1n) is 10.4. The largest absolute Gasteiger partial charge is 0.415 e. The highest BCUT2D eigenvalue weighted by atomic mass is 32.1. The molecule has 0 radical (unpaired) electrons. The maximum absolute atomic E-state index is 15.0. The average Bonchev–Trinajstić information content (AvgIpc) is 3.56. The molecule has 6 nitrogen and oxygen atoms in total. The van der Waals surface area contributed by atoms with E-state index in [0.717, 1.165) is 25.6 Å². The van der Waals surface area contributed by atoms with Gasteiger partial charge in [0.05, 0.1) is 6.54 Å². The first-order chi connectivity index (χ1) is 15.9. The van der Waals surface area contributed by atoms with Crippen molar-refractivity contribution in [2.24, 2.45) is 0 Å². The van der Waals surface area contributed by atoms with Crippen molar-refractivity contribution >= 4 is 23.0 Å². The molecular weight excluding hydrogens is 458 g/mol. The zero-order valence-electron chi connectivity index (χ0n) is 17.2. The number of aromatic nitrogens is 2. The number of likely N-dealkylation sites (tertiary alicyclic amines) is 1. The van der Waals surface area contributed by atoms with E-state index in [-0.39, 0.29) is 29.9 Å². The summed E-state index contributed by atoms with van der Waals surface area (Å²) in [6.45, 7) is 1.69. The molecule has 2 fully saturated rings. The number of rotatable bonds is 5. The Labute approximate surface area is 192 Å². The number of piperazine rings is 1. The lowest BCUT2D eigenvalue weighted by molar-refractivity contribution is 0.116. The molecule has 0 amide bonds. The van der Waals surface area contributed by atoms with Crippen LogP contribution in [0, 0.1) is 11.6 Å². The number of nitrogens with zero attached hydrogens (tertiary/aromatic N) is 4. The maximum Gasteiger partial charge on any atom is 0.314 e. The Kier molecular flexibility index (Phi) is 5.75. The molecule has 2 atom stereocenters. The van der Waals surface area contributed by atoms with Crippen LogP contribution in [-0.4, -0.2) is 45.4 Å². The standard InChI is InChI=1S/C22H19F4N5OS/c23-14-3-5-16(6-4-14)30(22(33)31-11-15-8-17(31)9-27-15)10-13-2-1-12(7-18(13)24)20-28-29-21(32-20)19(25)26/h1-7,15,17,19,27H,8-11H2/t15-,17-/m0/s1. The first-order valence-corrected chi connectivity index (χ1v) is 10.8. The van der Waals surface area contributed by atoms with Gasteiger partial charge in [-0.1, -0.05) is 6.07 Å². The van der Waals surface area contributed by atoms with Gasteiger partial charge in [-0.2, -0.15) is 8.78 Å². The van der Waals surface area contributed by atoms with Gasteiger partial charge in [0.1, 0.15) is 11.6 Å². The molecule has 3 heterocycles. The highest BCUT2D eigenvalue weighted by Gasteiger charge is 2.40. The van der Waals surface area contributed by atoms with Crippen LogP contribution in [0.15, 0.2) is 46.9 Å². The molecule has 2 saturated heterocycles. The fourth-order valence-electron chi connectivity index (χ4n) is 4.26. The van der Waals surface area contributed by atoms with Crippen molar-refractivity contribution in [1.82, 2.24) is 20.4 Å². The second kappa shape index (κ2) is 8.71. The number of hydrogen-bond acceptors (Lipinski definition) is 5. The summed E-state index contributed by atoms with van der Waals surface area (Å²) in [6, 6.07) is 10.7. The quantitative estimate of drug-likeness (QED) is 0.435. The number of alkyl halides is 2. The molecule has 0 saturated carbocycles. The second-order valence-electron chi connectivity index (χ2n) is 8.04. The molecule has 0 aliphatic carbocycles. The van der Waals surface area contributed by atoms with Crippen molar-refractivity contribution in [3.05, 3.63) is 65.6 Å². The number of benzene rings is 2. The van der Waals surface area contributed by atoms with Crippen molar-refractivity contribution in [2.75, 3.05) is 18.0 Å². The van der Waals surface area contributed by atoms with Gasteiger partial charge in [0.2, 0.25) is 5.89 Å². The number of halogens is 4. The van der Waals surface area contributed by atoms with Crippen LogP contribution in [0.1, 0.15) is 24.3 Å². The minimum absolute atomic E-state index is 0.101. The van der Waals surface area contributed by atoms with E-state index in [1.54, 1.807) is 17.0 Å². The summed E-state index contributed by atoms with van der Waals surface area (Å²) in [7, 11) is 0. The molecule has 33 heavy (non-hydrogen) atoms. The van der Waals surface area contributed by atoms with E-state index >= 15 is 4.39 Å². The predicted octanol–water partition coefficient (Wildman–Crippen LogP) is 4.29. The molecule has 3 aromatic rings. The number of anilines is 1. The second-order valence-corrected chi connectivity index (χ2v) is 8.41. The van der Waals surface area contributed by atoms with Gasteiger partial charge < -0.3 is 19.5 Å². The smallest absolute Gasteiger partial charge is 0.314 e. The van der Waals surface area contributed by atoms with Crippen LogP contribution in [0.3, 0.4) is 0 Å². The maximum atomic E-state index is 15.0. The van der Waals surface area contributed by atoms with Crippen molar-refractivity contribution < 1.29 is 22.0 Å². The van der Waals surface area contributed by atoms with Crippen LogP contribution in [0.25, 0.3) is 11.5 Å². The summed E-state index contributed by atoms with van der Waals surface area (Å²) in [5, 5.41) is 10.8. The lowest BCUT2D eigenvalue weighted by atomic mass is 10.1. The van der Waals surface area contributed by atoms with Gasteiger partial charge in [-0.25, -0.2) is 8.78 Å². The minimum atomic E-state index is -2.91. The van der Waals surface area contributed by atoms with Crippen LogP contribution >= 0.6 is 12.2 Å². The van der Waals surface area contributed by atoms with E-state index in [4.69, 9.17) is 16.6 Å². The Hall–Kier alpha value is -3.05. The number of fused-ring (bicyclic) bond motifs is 2. The normalized spacial score (nSPS) is 19.5. The Balaban J connectivity index is 1.42. The Morgan fingerprint density at radius 1 is 1.18 bits per heavy atom. The lowest BCUT2D eigenvalue weighted by Crippen LogP contribution is -2.51. The van der Waals surface area contributed by atoms with Gasteiger partial charge in [-0.15, -0.1) is 10.2 Å². The van der Waals surface area contributed by atoms with E-state index in [9.17, 15) is 13.2 Å². The molecule has 0 unspecified atom stereocenters. The van der Waals surface area contributed by atoms with E-state index in [1.807, 2.05) is 0 Å². The van der Waals surface area contributed by atoms with Gasteiger partial charge in [0.15, 0.2) is 5.11 Å². The van der Waals surface area contributed by atoms with Crippen molar-refractivity contribution in [3.8, 4) is 11.5 Å². The Bertz CT molecular complexity index is 1170. The summed E-state index contributed by atoms with van der Waals surface area (Å²) in [5.74, 6) is -1.98. The fourth-order valence-corrected chi connectivity index (χ4v) is 4.65. The fraction of sp³-hybridized carbons (Fsp3) is 0.318. The minimum Gasteiger partial charge on any atom is -0.415 e. The summed E-state index contributed by atoms with van der Waals surface area (Å²) in [5.41, 5.74) is 1.15. The molecule has 1 aromatic heterocycles. The third-order valence-corrected chi connectivity index (χ3v) is 6.38. The summed E-state index contributed by atoms with van der Waals surface area (Å²) in [4.78, 5) is 3.89. The van der Waals surface area contributed by atoms with Gasteiger partial charge in [-0.3, -0.25) is 0 Å². The van der Waals surface area contributed by atoms with Gasteiger partial charge in [0, 0.05) is 42.0 Å². The number of thiocarbonyl (C=S) groups is 1. The van der Waals surface area contributed by atoms with E-state index < -0.39 is 18.1 Å². The molecule has 2 aromatic carbocycles. The number of nitrogens with one attached hydrogen (secondary N) is 1. The van der Waals surface area contributed by atoms with E-state index in [1.165, 1.54) is 24.3 Å². The summed E-state index contributed by atoms with van der Waals surface area (Å²) in [6.07, 6.45) is -1.91. The van der Waals surface area contributed by atoms with Crippen molar-refractivity contribution in [3.63, 3.8) is 0 Å². The average molecular weight is 477 g/mol. The van der Waals surface area contributed by atoms with Gasteiger partial charge >= 0.3 is 6.43 Å². The van der Waals surface area contributed by atoms with Crippen LogP contribution < -0.4 is 10.2 Å². The van der Waals surface area contributed by atoms with E-state index in [0.29, 0.717) is 22.4 Å². The molecule has 2 aliphatic rings. The zero-order valence-corrected chi connectivity index (χ0v) is 18.0. The van der Waals surface area contributed by atoms with Crippen molar-refractivity contribution in [2.45, 2.75) is 31.5 Å². The van der Waals surface area contributed by atoms with Crippen LogP contribution in [0.4, 0.5) is 23.2 Å². The van der Waals surface area contributed by atoms with Gasteiger partial charge in [0.25, 0.3) is 5.89 Å². The topological polar surface area (TPSA) is 57.4 Å². The summed E-state index contributed by atoms with van der Waals surface area (Å²) >= 11 is 5.79. The third kappa shape index (κ3) is 4.30. The molecule has 2 aliphatic heterocycles. The first kappa shape index (κ1) is 21.8. The zero-order chi connectivity index (χ0) is 23.1. The van der Waals surface area contributed by atoms with Crippen LogP contribution in [0.5, 0.6) is 0 Å². The van der Waals surface area contributed by atoms with Crippen molar-refractivity contribution in [1.29, 1.82) is 0 Å². The Morgan fingerprint density at radius 2 is 1.97 bits per heavy atom. The molecule has 11 heteroatoms. The highest BCUT2D eigenvalue weighted by molar-refractivity contribution is 7.80. The predicted molar refractivity (Wildman–Crippen MR) is 117 cm³/mol. The molecule has 5 rings (SSSR count). The molecular formula is C22H19F4N5OS. The monoisotopic (exact) mass is 477 g/mol. The van der Waals surface area contributed by atoms with E-state index in [2.05, 4.69) is 20.4 Å². The SMILES string of the molecule is Fc1ccc(N(Cc2ccc(-c3nnc(C(F)F)o3)cc2F)C(=S)N2C[C@@H]3C[C@H]2CN3)cc1. The molecule has 2 bridgehead atoms. The molecule has 1 N–H and O–H groups in total. The van der Waals surface area contributed by atoms with Crippen LogP contribution in [-0.2, 0) is 6.54 Å². The number of hydrogen-bond donors (Lipinski definition) is 1. The highest BCUT2D eigenvalue weighted by Crippen LogP contribution is 2.30. The molecule has 172 valence electrons. The lowest BCUT2D eigenvalue weighted by Gasteiger charge is -2.36. The summed E-state index contributed by atoms with van der Waals surface area (Å²) < 4.78 is 58.9. The molecule has 0 spiro atoms. The Morgan fingerprint density at radius 3 is 2.58 bits per heavy atom. The van der Waals surface area contributed by atoms with Crippen LogP contribution in [0.2, 0.25) is 0 Å². The third-order valence-electron chi connectivity index (χ3n) is 5.93. The van der Waals surface area contributed by atoms with Gasteiger partial charge in [-0.05, 0) is 55.0 Å².